The maximum absolute atomic E-state index is 12.0. The average molecular weight is 339 g/mol. The first-order valence-corrected chi connectivity index (χ1v) is 8.40. The molecule has 0 amide bonds. The van der Waals surface area contributed by atoms with Crippen LogP contribution in [-0.4, -0.2) is 52.8 Å². The first-order valence-electron chi connectivity index (χ1n) is 8.40. The van der Waals surface area contributed by atoms with E-state index in [1.165, 1.54) is 10.2 Å². The van der Waals surface area contributed by atoms with Gasteiger partial charge in [0.2, 0.25) is 0 Å². The van der Waals surface area contributed by atoms with Gasteiger partial charge in [0.1, 0.15) is 5.75 Å². The van der Waals surface area contributed by atoms with Crippen molar-refractivity contribution in [3.63, 3.8) is 0 Å². The van der Waals surface area contributed by atoms with Crippen LogP contribution in [0.2, 0.25) is 0 Å². The van der Waals surface area contributed by atoms with Crippen molar-refractivity contribution in [1.29, 1.82) is 0 Å². The van der Waals surface area contributed by atoms with Gasteiger partial charge in [-0.3, -0.25) is 14.8 Å². The van der Waals surface area contributed by atoms with Crippen LogP contribution >= 0.6 is 0 Å². The third kappa shape index (κ3) is 3.23. The van der Waals surface area contributed by atoms with Crippen LogP contribution in [0.1, 0.15) is 5.69 Å². The highest BCUT2D eigenvalue weighted by Crippen LogP contribution is 2.20. The minimum Gasteiger partial charge on any atom is -0.497 e. The Hall–Kier alpha value is -2.80. The fourth-order valence-corrected chi connectivity index (χ4v) is 3.24. The summed E-state index contributed by atoms with van der Waals surface area (Å²) < 4.78 is 6.66. The number of rotatable bonds is 4. The molecule has 1 aliphatic heterocycles. The molecule has 25 heavy (non-hydrogen) atoms. The van der Waals surface area contributed by atoms with Crippen LogP contribution < -0.4 is 15.2 Å². The van der Waals surface area contributed by atoms with E-state index in [9.17, 15) is 4.79 Å². The summed E-state index contributed by atoms with van der Waals surface area (Å²) in [6.45, 7) is 4.50. The number of aromatic amines is 1. The Labute approximate surface area is 145 Å². The van der Waals surface area contributed by atoms with E-state index in [-0.39, 0.29) is 5.56 Å². The van der Waals surface area contributed by atoms with Gasteiger partial charge in [0.25, 0.3) is 5.56 Å². The first-order chi connectivity index (χ1) is 12.2. The second-order valence-corrected chi connectivity index (χ2v) is 6.20. The highest BCUT2D eigenvalue weighted by molar-refractivity contribution is 5.49. The number of hydrogen-bond acceptors (Lipinski definition) is 5. The Morgan fingerprint density at radius 3 is 2.60 bits per heavy atom. The molecule has 3 heterocycles. The number of nitrogens with one attached hydrogen (secondary N) is 1. The molecule has 1 aromatic carbocycles. The van der Waals surface area contributed by atoms with Crippen molar-refractivity contribution in [2.75, 3.05) is 38.2 Å². The molecule has 2 aromatic heterocycles. The smallest absolute Gasteiger partial charge is 0.272 e. The Bertz CT molecular complexity index is 907. The lowest BCUT2D eigenvalue weighted by atomic mass is 10.2. The van der Waals surface area contributed by atoms with Crippen molar-refractivity contribution in [3.8, 4) is 5.75 Å². The van der Waals surface area contributed by atoms with Crippen molar-refractivity contribution in [3.05, 3.63) is 58.6 Å². The molecule has 0 aliphatic carbocycles. The van der Waals surface area contributed by atoms with Gasteiger partial charge in [-0.15, -0.1) is 0 Å². The summed E-state index contributed by atoms with van der Waals surface area (Å²) in [5.41, 5.74) is 2.63. The summed E-state index contributed by atoms with van der Waals surface area (Å²) >= 11 is 0. The van der Waals surface area contributed by atoms with Gasteiger partial charge in [-0.1, -0.05) is 0 Å². The Kier molecular flexibility index (Phi) is 4.15. The molecule has 130 valence electrons. The third-order valence-electron chi connectivity index (χ3n) is 4.63. The van der Waals surface area contributed by atoms with Crippen LogP contribution in [0.15, 0.2) is 47.4 Å². The van der Waals surface area contributed by atoms with Crippen LogP contribution in [-0.2, 0) is 6.54 Å². The van der Waals surface area contributed by atoms with E-state index in [1.54, 1.807) is 19.4 Å². The number of nitrogens with zero attached hydrogens (tertiary/aromatic N) is 4. The summed E-state index contributed by atoms with van der Waals surface area (Å²) in [5, 5.41) is 2.86. The predicted octanol–water partition coefficient (Wildman–Crippen LogP) is 1.35. The largest absolute Gasteiger partial charge is 0.497 e. The van der Waals surface area contributed by atoms with Gasteiger partial charge in [0, 0.05) is 56.7 Å². The van der Waals surface area contributed by atoms with Crippen molar-refractivity contribution < 1.29 is 4.74 Å². The van der Waals surface area contributed by atoms with Crippen LogP contribution in [0.3, 0.4) is 0 Å². The molecule has 0 spiro atoms. The van der Waals surface area contributed by atoms with E-state index in [0.29, 0.717) is 12.2 Å². The normalized spacial score (nSPS) is 15.6. The number of benzene rings is 1. The van der Waals surface area contributed by atoms with Gasteiger partial charge in [-0.25, -0.2) is 9.50 Å². The second kappa shape index (κ2) is 6.60. The predicted molar refractivity (Wildman–Crippen MR) is 96.3 cm³/mol. The fraction of sp³-hybridized carbons (Fsp3) is 0.333. The monoisotopic (exact) mass is 339 g/mol. The van der Waals surface area contributed by atoms with Crippen molar-refractivity contribution in [2.45, 2.75) is 6.54 Å². The van der Waals surface area contributed by atoms with Gasteiger partial charge < -0.3 is 9.64 Å². The molecule has 4 rings (SSSR count). The molecule has 0 atom stereocenters. The van der Waals surface area contributed by atoms with E-state index < -0.39 is 0 Å². The second-order valence-electron chi connectivity index (χ2n) is 6.20. The number of methoxy groups -OCH3 is 1. The van der Waals surface area contributed by atoms with E-state index in [4.69, 9.17) is 4.74 Å². The van der Waals surface area contributed by atoms with Gasteiger partial charge in [0.05, 0.1) is 12.8 Å². The van der Waals surface area contributed by atoms with Crippen molar-refractivity contribution in [1.82, 2.24) is 19.5 Å². The molecule has 0 saturated carbocycles. The van der Waals surface area contributed by atoms with Gasteiger partial charge >= 0.3 is 0 Å². The molecular formula is C18H21N5O2. The maximum atomic E-state index is 12.0. The van der Waals surface area contributed by atoms with Gasteiger partial charge in [0.15, 0.2) is 5.65 Å². The molecular weight excluding hydrogens is 318 g/mol. The third-order valence-corrected chi connectivity index (χ3v) is 4.63. The average Bonchev–Trinajstić information content (AvgIpc) is 3.12. The lowest BCUT2D eigenvalue weighted by Crippen LogP contribution is -2.46. The number of aromatic nitrogens is 3. The molecule has 0 bridgehead atoms. The molecule has 7 heteroatoms. The number of hydrogen-bond donors (Lipinski definition) is 1. The SMILES string of the molecule is COc1ccc(N2CCN(Cc3cc(=O)n4[nH]ccc4n3)CC2)cc1. The van der Waals surface area contributed by atoms with Gasteiger partial charge in [-0.2, -0.15) is 0 Å². The Morgan fingerprint density at radius 2 is 1.88 bits per heavy atom. The zero-order valence-electron chi connectivity index (χ0n) is 14.2. The first kappa shape index (κ1) is 15.7. The van der Waals surface area contributed by atoms with Crippen molar-refractivity contribution >= 4 is 11.3 Å². The molecule has 3 aromatic rings. The quantitative estimate of drug-likeness (QED) is 0.777. The highest BCUT2D eigenvalue weighted by atomic mass is 16.5. The highest BCUT2D eigenvalue weighted by Gasteiger charge is 2.18. The zero-order chi connectivity index (χ0) is 17.2. The summed E-state index contributed by atoms with van der Waals surface area (Å²) in [6, 6.07) is 11.6. The number of anilines is 1. The zero-order valence-corrected chi connectivity index (χ0v) is 14.2. The molecule has 1 N–H and O–H groups in total. The number of H-pyrrole nitrogens is 1. The summed E-state index contributed by atoms with van der Waals surface area (Å²) in [4.78, 5) is 21.3. The van der Waals surface area contributed by atoms with Crippen LogP contribution in [0.5, 0.6) is 5.75 Å². The molecule has 7 nitrogen and oxygen atoms in total. The molecule has 0 radical (unpaired) electrons. The van der Waals surface area contributed by atoms with E-state index >= 15 is 0 Å². The Morgan fingerprint density at radius 1 is 1.12 bits per heavy atom. The summed E-state index contributed by atoms with van der Waals surface area (Å²) in [5.74, 6) is 0.875. The number of piperazine rings is 1. The molecule has 1 fully saturated rings. The topological polar surface area (TPSA) is 65.9 Å². The van der Waals surface area contributed by atoms with Crippen molar-refractivity contribution in [2.24, 2.45) is 0 Å². The van der Waals surface area contributed by atoms with E-state index in [2.05, 4.69) is 32.0 Å². The van der Waals surface area contributed by atoms with Crippen LogP contribution in [0.4, 0.5) is 5.69 Å². The molecule has 1 aliphatic rings. The lowest BCUT2D eigenvalue weighted by Gasteiger charge is -2.36. The van der Waals surface area contributed by atoms with E-state index in [1.807, 2.05) is 18.2 Å². The summed E-state index contributed by atoms with van der Waals surface area (Å²) in [7, 11) is 1.68. The molecule has 0 unspecified atom stereocenters. The lowest BCUT2D eigenvalue weighted by molar-refractivity contribution is 0.247. The van der Waals surface area contributed by atoms with E-state index in [0.717, 1.165) is 37.6 Å². The maximum Gasteiger partial charge on any atom is 0.272 e. The number of ether oxygens (including phenoxy) is 1. The Balaban J connectivity index is 1.40. The fourth-order valence-electron chi connectivity index (χ4n) is 3.24. The summed E-state index contributed by atoms with van der Waals surface area (Å²) in [6.07, 6.45) is 1.72. The van der Waals surface area contributed by atoms with Crippen LogP contribution in [0.25, 0.3) is 5.65 Å². The van der Waals surface area contributed by atoms with Crippen LogP contribution in [0, 0.1) is 0 Å². The minimum absolute atomic E-state index is 0.0677. The molecule has 1 saturated heterocycles. The van der Waals surface area contributed by atoms with Gasteiger partial charge in [-0.05, 0) is 24.3 Å². The standard InChI is InChI=1S/C18H21N5O2/c1-25-16-4-2-15(3-5-16)22-10-8-21(9-11-22)13-14-12-18(24)23-17(20-14)6-7-19-23/h2-7,12,19H,8-11,13H2,1H3. The number of fused-ring (bicyclic) bond motifs is 1. The minimum atomic E-state index is -0.0677.